The zero-order chi connectivity index (χ0) is 10.8. The summed E-state index contributed by atoms with van der Waals surface area (Å²) < 4.78 is 13.3. The van der Waals surface area contributed by atoms with Crippen molar-refractivity contribution in [3.05, 3.63) is 35.1 Å². The van der Waals surface area contributed by atoms with E-state index in [-0.39, 0.29) is 11.9 Å². The number of nitrogens with two attached hydrogens (primary N) is 1. The van der Waals surface area contributed by atoms with Gasteiger partial charge in [0, 0.05) is 6.04 Å². The van der Waals surface area contributed by atoms with Gasteiger partial charge in [0.05, 0.1) is 0 Å². The molecule has 1 aliphatic carbocycles. The van der Waals surface area contributed by atoms with E-state index in [9.17, 15) is 4.39 Å². The Labute approximate surface area is 90.5 Å². The maximum absolute atomic E-state index is 13.3. The van der Waals surface area contributed by atoms with Gasteiger partial charge in [0.2, 0.25) is 0 Å². The third-order valence-electron chi connectivity index (χ3n) is 3.04. The van der Waals surface area contributed by atoms with E-state index in [1.165, 1.54) is 25.3 Å². The summed E-state index contributed by atoms with van der Waals surface area (Å²) in [6.45, 7) is 1.89. The van der Waals surface area contributed by atoms with E-state index in [1.807, 2.05) is 13.0 Å². The number of hydrogen-bond donors (Lipinski definition) is 1. The number of rotatable bonds is 4. The summed E-state index contributed by atoms with van der Waals surface area (Å²) >= 11 is 0. The van der Waals surface area contributed by atoms with Gasteiger partial charge in [-0.1, -0.05) is 18.9 Å². The minimum Gasteiger partial charge on any atom is -0.324 e. The highest BCUT2D eigenvalue weighted by Crippen LogP contribution is 2.33. The predicted octanol–water partition coefficient (Wildman–Crippen LogP) is 3.19. The van der Waals surface area contributed by atoms with Gasteiger partial charge in [0.1, 0.15) is 5.82 Å². The van der Waals surface area contributed by atoms with Crippen LogP contribution in [0.15, 0.2) is 18.2 Å². The molecule has 0 bridgehead atoms. The molecule has 0 amide bonds. The summed E-state index contributed by atoms with van der Waals surface area (Å²) in [6, 6.07) is 5.12. The molecular weight excluding hydrogens is 189 g/mol. The summed E-state index contributed by atoms with van der Waals surface area (Å²) in [5.41, 5.74) is 7.75. The van der Waals surface area contributed by atoms with Crippen LogP contribution in [0.3, 0.4) is 0 Å². The molecule has 1 aromatic carbocycles. The first-order valence-electron chi connectivity index (χ1n) is 5.70. The van der Waals surface area contributed by atoms with Crippen LogP contribution in [0.5, 0.6) is 0 Å². The van der Waals surface area contributed by atoms with Crippen molar-refractivity contribution in [3.63, 3.8) is 0 Å². The lowest BCUT2D eigenvalue weighted by atomic mass is 10.0. The quantitative estimate of drug-likeness (QED) is 0.806. The first-order valence-corrected chi connectivity index (χ1v) is 5.70. The third-order valence-corrected chi connectivity index (χ3v) is 3.04. The van der Waals surface area contributed by atoms with E-state index in [1.54, 1.807) is 6.07 Å². The van der Waals surface area contributed by atoms with Crippen LogP contribution in [0.25, 0.3) is 0 Å². The molecule has 1 aliphatic rings. The predicted molar refractivity (Wildman–Crippen MR) is 60.0 cm³/mol. The number of benzene rings is 1. The molecule has 0 radical (unpaired) electrons. The Balaban J connectivity index is 2.07. The fourth-order valence-corrected chi connectivity index (χ4v) is 1.86. The maximum Gasteiger partial charge on any atom is 0.123 e. The van der Waals surface area contributed by atoms with Crippen LogP contribution in [-0.4, -0.2) is 0 Å². The number of halogens is 1. The smallest absolute Gasteiger partial charge is 0.123 e. The van der Waals surface area contributed by atoms with Crippen molar-refractivity contribution in [2.75, 3.05) is 0 Å². The van der Waals surface area contributed by atoms with E-state index < -0.39 is 0 Å². The molecule has 15 heavy (non-hydrogen) atoms. The van der Waals surface area contributed by atoms with Gasteiger partial charge in [0.25, 0.3) is 0 Å². The van der Waals surface area contributed by atoms with Gasteiger partial charge in [-0.25, -0.2) is 4.39 Å². The first-order chi connectivity index (χ1) is 7.15. The molecule has 1 saturated carbocycles. The van der Waals surface area contributed by atoms with E-state index in [2.05, 4.69) is 0 Å². The van der Waals surface area contributed by atoms with Crippen LogP contribution in [0.1, 0.15) is 43.4 Å². The van der Waals surface area contributed by atoms with Crippen molar-refractivity contribution >= 4 is 0 Å². The summed E-state index contributed by atoms with van der Waals surface area (Å²) in [4.78, 5) is 0. The molecule has 1 atom stereocenters. The molecule has 0 spiro atoms. The molecule has 2 heteroatoms. The summed E-state index contributed by atoms with van der Waals surface area (Å²) in [5.74, 6) is 0.739. The zero-order valence-corrected chi connectivity index (χ0v) is 9.17. The lowest BCUT2D eigenvalue weighted by Gasteiger charge is -2.08. The molecule has 1 fully saturated rings. The van der Waals surface area contributed by atoms with Crippen LogP contribution >= 0.6 is 0 Å². The Morgan fingerprint density at radius 2 is 2.13 bits per heavy atom. The molecule has 0 aliphatic heterocycles. The lowest BCUT2D eigenvalue weighted by molar-refractivity contribution is 0.616. The summed E-state index contributed by atoms with van der Waals surface area (Å²) in [7, 11) is 0. The van der Waals surface area contributed by atoms with E-state index in [0.717, 1.165) is 23.5 Å². The Kier molecular flexibility index (Phi) is 3.06. The number of aryl methyl sites for hydroxylation is 1. The van der Waals surface area contributed by atoms with Gasteiger partial charge < -0.3 is 5.73 Å². The molecule has 0 heterocycles. The number of hydrogen-bond acceptors (Lipinski definition) is 1. The second-order valence-corrected chi connectivity index (χ2v) is 4.66. The molecular formula is C13H18FN. The molecule has 2 rings (SSSR count). The van der Waals surface area contributed by atoms with Crippen molar-refractivity contribution in [1.82, 2.24) is 0 Å². The average Bonchev–Trinajstić information content (AvgIpc) is 2.97. The lowest BCUT2D eigenvalue weighted by Crippen LogP contribution is -2.06. The van der Waals surface area contributed by atoms with Crippen LogP contribution < -0.4 is 5.73 Å². The van der Waals surface area contributed by atoms with E-state index in [0.29, 0.717) is 0 Å². The Morgan fingerprint density at radius 3 is 2.73 bits per heavy atom. The minimum absolute atomic E-state index is 0.0830. The van der Waals surface area contributed by atoms with Crippen molar-refractivity contribution in [2.24, 2.45) is 11.7 Å². The van der Waals surface area contributed by atoms with Crippen molar-refractivity contribution < 1.29 is 4.39 Å². The molecule has 2 N–H and O–H groups in total. The zero-order valence-electron chi connectivity index (χ0n) is 9.17. The molecule has 0 aromatic heterocycles. The molecule has 1 aromatic rings. The van der Waals surface area contributed by atoms with Crippen LogP contribution in [0.4, 0.5) is 4.39 Å². The normalized spacial score (nSPS) is 17.8. The van der Waals surface area contributed by atoms with Crippen LogP contribution in [0.2, 0.25) is 0 Å². The first kappa shape index (κ1) is 10.6. The molecule has 0 unspecified atom stereocenters. The highest BCUT2D eigenvalue weighted by atomic mass is 19.1. The van der Waals surface area contributed by atoms with Crippen LogP contribution in [-0.2, 0) is 6.42 Å². The Bertz CT molecular complexity index is 342. The topological polar surface area (TPSA) is 26.0 Å². The van der Waals surface area contributed by atoms with Gasteiger partial charge in [-0.2, -0.15) is 0 Å². The fourth-order valence-electron chi connectivity index (χ4n) is 1.86. The van der Waals surface area contributed by atoms with E-state index >= 15 is 0 Å². The van der Waals surface area contributed by atoms with Crippen LogP contribution in [0, 0.1) is 11.7 Å². The van der Waals surface area contributed by atoms with Gasteiger partial charge in [-0.05, 0) is 48.9 Å². The van der Waals surface area contributed by atoms with Crippen molar-refractivity contribution in [3.8, 4) is 0 Å². The Morgan fingerprint density at radius 1 is 1.40 bits per heavy atom. The van der Waals surface area contributed by atoms with Crippen molar-refractivity contribution in [1.29, 1.82) is 0 Å². The summed E-state index contributed by atoms with van der Waals surface area (Å²) in [5, 5.41) is 0. The van der Waals surface area contributed by atoms with Crippen molar-refractivity contribution in [2.45, 2.75) is 38.6 Å². The fraction of sp³-hybridized carbons (Fsp3) is 0.538. The molecule has 0 saturated heterocycles. The maximum atomic E-state index is 13.3. The van der Waals surface area contributed by atoms with E-state index in [4.69, 9.17) is 5.73 Å². The minimum atomic E-state index is -0.157. The highest BCUT2D eigenvalue weighted by Gasteiger charge is 2.20. The monoisotopic (exact) mass is 207 g/mol. The van der Waals surface area contributed by atoms with Gasteiger partial charge in [0.15, 0.2) is 0 Å². The second kappa shape index (κ2) is 4.31. The summed E-state index contributed by atoms with van der Waals surface area (Å²) in [6.07, 6.45) is 4.90. The van der Waals surface area contributed by atoms with Gasteiger partial charge in [-0.15, -0.1) is 0 Å². The average molecular weight is 207 g/mol. The van der Waals surface area contributed by atoms with Gasteiger partial charge in [-0.3, -0.25) is 0 Å². The van der Waals surface area contributed by atoms with Gasteiger partial charge >= 0.3 is 0 Å². The highest BCUT2D eigenvalue weighted by molar-refractivity contribution is 5.26. The standard InChI is InChI=1S/C13H18FN/c1-9(15)12-6-11(7-13(14)8-12)5-4-10-2-3-10/h6-10H,2-5,15H2,1H3/t9-/m0/s1. The molecule has 1 nitrogen and oxygen atoms in total. The third kappa shape index (κ3) is 3.03. The second-order valence-electron chi connectivity index (χ2n) is 4.66. The largest absolute Gasteiger partial charge is 0.324 e. The molecule has 82 valence electrons. The Hall–Kier alpha value is -0.890. The SMILES string of the molecule is C[C@H](N)c1cc(F)cc(CCC2CC2)c1.